The average molecular weight is 673 g/mol. The minimum absolute atomic E-state index is 0.317. The second kappa shape index (κ2) is 17.3. The molecule has 0 unspecified atom stereocenters. The molecule has 266 valence electrons. The van der Waals surface area contributed by atoms with E-state index >= 15 is 0 Å². The summed E-state index contributed by atoms with van der Waals surface area (Å²) in [5.41, 5.74) is 21.9. The minimum Gasteiger partial charge on any atom is -0.457 e. The summed E-state index contributed by atoms with van der Waals surface area (Å²) in [7, 11) is 0. The predicted octanol–water partition coefficient (Wildman–Crippen LogP) is 13.6. The summed E-state index contributed by atoms with van der Waals surface area (Å²) in [6, 6.07) is 25.5. The molecule has 0 radical (unpaired) electrons. The van der Waals surface area contributed by atoms with Crippen molar-refractivity contribution in [3.63, 3.8) is 0 Å². The standard InChI is InChI=1S/C46H60N2O2/c1-4-5-6-7-14-19-40(41-30-43(34-15-10-8-11-16-34)45(28-32(41)2)49-38-24-20-36(47)21-25-38)42-31-44(35-17-12-9-13-18-35)46(29-33(42)3)50-39-26-22-37(48)23-27-39/h20-31,34-35,40H,4-19,47-48H2,1-3H3. The van der Waals surface area contributed by atoms with Gasteiger partial charge in [0.2, 0.25) is 0 Å². The maximum Gasteiger partial charge on any atom is 0.131 e. The molecule has 0 atom stereocenters. The number of hydrogen-bond acceptors (Lipinski definition) is 4. The van der Waals surface area contributed by atoms with Crippen LogP contribution in [0.5, 0.6) is 23.0 Å². The van der Waals surface area contributed by atoms with Crippen molar-refractivity contribution >= 4 is 11.4 Å². The first-order valence-corrected chi connectivity index (χ1v) is 19.7. The monoisotopic (exact) mass is 672 g/mol. The first-order chi connectivity index (χ1) is 24.4. The van der Waals surface area contributed by atoms with Crippen molar-refractivity contribution in [3.8, 4) is 23.0 Å². The Morgan fingerprint density at radius 1 is 0.560 bits per heavy atom. The Kier molecular flexibility index (Phi) is 12.4. The van der Waals surface area contributed by atoms with Gasteiger partial charge in [-0.3, -0.25) is 0 Å². The molecule has 6 rings (SSSR count). The second-order valence-corrected chi connectivity index (χ2v) is 15.3. The molecule has 2 saturated carbocycles. The van der Waals surface area contributed by atoms with Crippen molar-refractivity contribution in [3.05, 3.63) is 106 Å². The molecule has 0 bridgehead atoms. The molecule has 2 aliphatic rings. The molecule has 4 nitrogen and oxygen atoms in total. The Bertz CT molecular complexity index is 1550. The van der Waals surface area contributed by atoms with Gasteiger partial charge in [0.25, 0.3) is 0 Å². The maximum absolute atomic E-state index is 6.69. The molecule has 50 heavy (non-hydrogen) atoms. The number of unbranched alkanes of at least 4 members (excludes halogenated alkanes) is 4. The number of ether oxygens (including phenoxy) is 2. The van der Waals surface area contributed by atoms with Crippen molar-refractivity contribution in [1.82, 2.24) is 0 Å². The van der Waals surface area contributed by atoms with Gasteiger partial charge in [-0.05, 0) is 152 Å². The fourth-order valence-corrected chi connectivity index (χ4v) is 8.58. The molecule has 2 fully saturated rings. The van der Waals surface area contributed by atoms with E-state index in [9.17, 15) is 0 Å². The number of anilines is 2. The van der Waals surface area contributed by atoms with E-state index in [1.165, 1.54) is 130 Å². The number of rotatable bonds is 14. The molecule has 0 aromatic heterocycles. The van der Waals surface area contributed by atoms with Crippen molar-refractivity contribution in [2.45, 2.75) is 141 Å². The highest BCUT2D eigenvalue weighted by Gasteiger charge is 2.28. The molecule has 4 aromatic rings. The minimum atomic E-state index is 0.317. The van der Waals surface area contributed by atoms with E-state index in [4.69, 9.17) is 20.9 Å². The van der Waals surface area contributed by atoms with Gasteiger partial charge >= 0.3 is 0 Å². The maximum atomic E-state index is 6.69. The first-order valence-electron chi connectivity index (χ1n) is 19.7. The highest BCUT2D eigenvalue weighted by atomic mass is 16.5. The van der Waals surface area contributed by atoms with Gasteiger partial charge in [0.05, 0.1) is 0 Å². The molecular weight excluding hydrogens is 613 g/mol. The number of hydrogen-bond donors (Lipinski definition) is 2. The van der Waals surface area contributed by atoms with Crippen LogP contribution in [0.4, 0.5) is 11.4 Å². The fraction of sp³-hybridized carbons (Fsp3) is 0.478. The SMILES string of the molecule is CCCCCCCC(c1cc(C2CCCCC2)c(Oc2ccc(N)cc2)cc1C)c1cc(C2CCCCC2)c(Oc2ccc(N)cc2)cc1C. The van der Waals surface area contributed by atoms with Crippen molar-refractivity contribution in [1.29, 1.82) is 0 Å². The van der Waals surface area contributed by atoms with Crippen LogP contribution < -0.4 is 20.9 Å². The summed E-state index contributed by atoms with van der Waals surface area (Å²) in [5.74, 6) is 5.07. The topological polar surface area (TPSA) is 70.5 Å². The van der Waals surface area contributed by atoms with Gasteiger partial charge in [-0.2, -0.15) is 0 Å². The lowest BCUT2D eigenvalue weighted by Gasteiger charge is -2.30. The quantitative estimate of drug-likeness (QED) is 0.103. The Balaban J connectivity index is 1.43. The smallest absolute Gasteiger partial charge is 0.131 e. The first kappa shape index (κ1) is 35.9. The Morgan fingerprint density at radius 3 is 1.40 bits per heavy atom. The molecule has 4 aromatic carbocycles. The number of benzene rings is 4. The molecular formula is C46H60N2O2. The van der Waals surface area contributed by atoms with Crippen LogP contribution in [0.2, 0.25) is 0 Å². The van der Waals surface area contributed by atoms with Crippen molar-refractivity contribution in [2.24, 2.45) is 0 Å². The second-order valence-electron chi connectivity index (χ2n) is 15.3. The van der Waals surface area contributed by atoms with Gasteiger partial charge in [0, 0.05) is 17.3 Å². The summed E-state index contributed by atoms with van der Waals surface area (Å²) in [5, 5.41) is 0. The number of nitrogens with two attached hydrogens (primary N) is 2. The van der Waals surface area contributed by atoms with Crippen LogP contribution in [0.1, 0.15) is 161 Å². The van der Waals surface area contributed by atoms with E-state index < -0.39 is 0 Å². The highest BCUT2D eigenvalue weighted by molar-refractivity contribution is 5.54. The Morgan fingerprint density at radius 2 is 0.980 bits per heavy atom. The molecule has 4 N–H and O–H groups in total. The third-order valence-electron chi connectivity index (χ3n) is 11.4. The molecule has 0 amide bonds. The summed E-state index contributed by atoms with van der Waals surface area (Å²) in [6.07, 6.45) is 20.3. The van der Waals surface area contributed by atoms with Gasteiger partial charge in [-0.1, -0.05) is 89.7 Å². The Labute approximate surface area is 302 Å². The van der Waals surface area contributed by atoms with Gasteiger partial charge in [0.1, 0.15) is 23.0 Å². The highest BCUT2D eigenvalue weighted by Crippen LogP contribution is 2.47. The fourth-order valence-electron chi connectivity index (χ4n) is 8.58. The van der Waals surface area contributed by atoms with E-state index in [2.05, 4.69) is 45.0 Å². The molecule has 0 aliphatic heterocycles. The van der Waals surface area contributed by atoms with Crippen LogP contribution in [0.15, 0.2) is 72.8 Å². The number of nitrogen functional groups attached to an aromatic ring is 2. The van der Waals surface area contributed by atoms with Crippen molar-refractivity contribution in [2.75, 3.05) is 11.5 Å². The van der Waals surface area contributed by atoms with Crippen LogP contribution in [0.3, 0.4) is 0 Å². The van der Waals surface area contributed by atoms with E-state index in [1.807, 2.05) is 48.5 Å². The molecule has 0 heterocycles. The molecule has 2 aliphatic carbocycles. The zero-order valence-electron chi connectivity index (χ0n) is 30.9. The lowest BCUT2D eigenvalue weighted by molar-refractivity contribution is 0.417. The zero-order chi connectivity index (χ0) is 34.9. The van der Waals surface area contributed by atoms with E-state index in [0.717, 1.165) is 40.8 Å². The summed E-state index contributed by atoms with van der Waals surface area (Å²) in [6.45, 7) is 6.91. The average Bonchev–Trinajstić information content (AvgIpc) is 3.13. The zero-order valence-corrected chi connectivity index (χ0v) is 30.9. The molecule has 4 heteroatoms. The van der Waals surface area contributed by atoms with Crippen molar-refractivity contribution < 1.29 is 9.47 Å². The van der Waals surface area contributed by atoms with Crippen LogP contribution in [-0.4, -0.2) is 0 Å². The van der Waals surface area contributed by atoms with E-state index in [0.29, 0.717) is 17.8 Å². The third kappa shape index (κ3) is 9.05. The van der Waals surface area contributed by atoms with Crippen LogP contribution in [-0.2, 0) is 0 Å². The lowest BCUT2D eigenvalue weighted by Crippen LogP contribution is -2.12. The molecule has 0 spiro atoms. The van der Waals surface area contributed by atoms with Crippen LogP contribution >= 0.6 is 0 Å². The predicted molar refractivity (Wildman–Crippen MR) is 211 cm³/mol. The van der Waals surface area contributed by atoms with Gasteiger partial charge in [0.15, 0.2) is 0 Å². The third-order valence-corrected chi connectivity index (χ3v) is 11.4. The lowest BCUT2D eigenvalue weighted by atomic mass is 9.76. The van der Waals surface area contributed by atoms with Crippen LogP contribution in [0, 0.1) is 13.8 Å². The van der Waals surface area contributed by atoms with Gasteiger partial charge in [-0.15, -0.1) is 0 Å². The van der Waals surface area contributed by atoms with E-state index in [1.54, 1.807) is 0 Å². The summed E-state index contributed by atoms with van der Waals surface area (Å²) < 4.78 is 13.4. The van der Waals surface area contributed by atoms with Crippen LogP contribution in [0.25, 0.3) is 0 Å². The summed E-state index contributed by atoms with van der Waals surface area (Å²) in [4.78, 5) is 0. The van der Waals surface area contributed by atoms with E-state index in [-0.39, 0.29) is 0 Å². The van der Waals surface area contributed by atoms with Gasteiger partial charge < -0.3 is 20.9 Å². The number of aryl methyl sites for hydroxylation is 2. The normalized spacial score (nSPS) is 15.8. The van der Waals surface area contributed by atoms with Gasteiger partial charge in [-0.25, -0.2) is 0 Å². The Hall–Kier alpha value is -3.92. The molecule has 0 saturated heterocycles. The summed E-state index contributed by atoms with van der Waals surface area (Å²) >= 11 is 0. The largest absolute Gasteiger partial charge is 0.457 e.